The van der Waals surface area contributed by atoms with Crippen LogP contribution in [0.4, 0.5) is 0 Å². The van der Waals surface area contributed by atoms with Crippen LogP contribution in [0.15, 0.2) is 54.6 Å². The highest BCUT2D eigenvalue weighted by Crippen LogP contribution is 2.21. The predicted octanol–water partition coefficient (Wildman–Crippen LogP) is 8.13. The van der Waals surface area contributed by atoms with Crippen molar-refractivity contribution < 1.29 is 18.8 Å². The van der Waals surface area contributed by atoms with Crippen LogP contribution in [0.3, 0.4) is 0 Å². The van der Waals surface area contributed by atoms with E-state index in [4.69, 9.17) is 9.47 Å². The van der Waals surface area contributed by atoms with Crippen LogP contribution in [0, 0.1) is 0 Å². The summed E-state index contributed by atoms with van der Waals surface area (Å²) in [6, 6.07) is 18.5. The molecule has 0 aliphatic rings. The van der Waals surface area contributed by atoms with Crippen molar-refractivity contribution in [1.82, 2.24) is 0 Å². The van der Waals surface area contributed by atoms with Crippen LogP contribution < -0.4 is 4.74 Å². The van der Waals surface area contributed by atoms with Gasteiger partial charge >= 0.3 is 5.97 Å². The van der Waals surface area contributed by atoms with E-state index in [1.807, 2.05) is 24.3 Å². The average Bonchev–Trinajstić information content (AvgIpc) is 2.89. The zero-order valence-electron chi connectivity index (χ0n) is 24.2. The fourth-order valence-electron chi connectivity index (χ4n) is 5.05. The van der Waals surface area contributed by atoms with Gasteiger partial charge in [-0.2, -0.15) is 0 Å². The van der Waals surface area contributed by atoms with E-state index in [0.29, 0.717) is 4.48 Å². The molecule has 2 aromatic carbocycles. The maximum absolute atomic E-state index is 13.1. The molecule has 4 nitrogen and oxygen atoms in total. The van der Waals surface area contributed by atoms with Gasteiger partial charge in [-0.05, 0) is 37.0 Å². The monoisotopic (exact) mass is 510 g/mol. The van der Waals surface area contributed by atoms with E-state index >= 15 is 0 Å². The number of unbranched alkanes of at least 4 members (excludes halogenated alkanes) is 7. The van der Waals surface area contributed by atoms with E-state index in [2.05, 4.69) is 65.2 Å². The summed E-state index contributed by atoms with van der Waals surface area (Å²) in [4.78, 5) is 13.1. The molecule has 0 N–H and O–H groups in total. The third-order valence-electron chi connectivity index (χ3n) is 7.32. The minimum Gasteiger partial charge on any atom is -0.487 e. The molecule has 0 heterocycles. The molecule has 37 heavy (non-hydrogen) atoms. The van der Waals surface area contributed by atoms with Gasteiger partial charge in [0.1, 0.15) is 25.0 Å². The lowest BCUT2D eigenvalue weighted by Gasteiger charge is -2.36. The van der Waals surface area contributed by atoms with Crippen LogP contribution in [0.1, 0.15) is 96.1 Å². The molecule has 0 spiro atoms. The lowest BCUT2D eigenvalue weighted by Crippen LogP contribution is -2.52. The topological polar surface area (TPSA) is 35.5 Å². The summed E-state index contributed by atoms with van der Waals surface area (Å²) in [5, 5.41) is 0. The molecular formula is C33H52NO3+. The van der Waals surface area contributed by atoms with E-state index < -0.39 is 0 Å². The Morgan fingerprint density at radius 1 is 0.784 bits per heavy atom. The number of rotatable bonds is 19. The smallest absolute Gasteiger partial charge is 0.365 e. The lowest BCUT2D eigenvalue weighted by molar-refractivity contribution is -0.919. The second-order valence-electron chi connectivity index (χ2n) is 11.0. The highest BCUT2D eigenvalue weighted by atomic mass is 16.6. The molecule has 0 saturated heterocycles. The molecular weight excluding hydrogens is 458 g/mol. The van der Waals surface area contributed by atoms with Gasteiger partial charge in [-0.15, -0.1) is 0 Å². The van der Waals surface area contributed by atoms with Crippen LogP contribution >= 0.6 is 0 Å². The Morgan fingerprint density at radius 3 is 2.08 bits per heavy atom. The van der Waals surface area contributed by atoms with Crippen molar-refractivity contribution in [3.63, 3.8) is 0 Å². The number of carbonyl (C=O) groups excluding carboxylic acids is 1. The van der Waals surface area contributed by atoms with Crippen molar-refractivity contribution in [2.75, 3.05) is 20.7 Å². The van der Waals surface area contributed by atoms with Gasteiger partial charge in [0.2, 0.25) is 0 Å². The SMILES string of the molecule is CCCCCCCCCCc1cccc(OC(CC)COC(=O)C(CC)[N+](C)(C)Cc2ccccc2)c1. The first kappa shape index (κ1) is 30.9. The Morgan fingerprint density at radius 2 is 1.43 bits per heavy atom. The standard InChI is InChI=1S/C33H52NO3/c1-6-9-10-11-12-13-14-16-20-28-23-19-24-31(25-28)37-30(7-2)27-36-33(35)32(8-3)34(4,5)26-29-21-17-15-18-22-29/h15,17-19,21-25,30,32H,6-14,16,20,26-27H2,1-5H3/q+1. The van der Waals surface area contributed by atoms with Gasteiger partial charge in [0.05, 0.1) is 14.1 Å². The van der Waals surface area contributed by atoms with Crippen LogP contribution in [0.5, 0.6) is 5.75 Å². The van der Waals surface area contributed by atoms with Gasteiger partial charge in [-0.3, -0.25) is 0 Å². The lowest BCUT2D eigenvalue weighted by atomic mass is 10.0. The Balaban J connectivity index is 1.81. The zero-order valence-corrected chi connectivity index (χ0v) is 24.2. The fraction of sp³-hybridized carbons (Fsp3) is 0.606. The average molecular weight is 511 g/mol. The Kier molecular flexibility index (Phi) is 14.4. The van der Waals surface area contributed by atoms with E-state index in [1.54, 1.807) is 0 Å². The molecule has 0 fully saturated rings. The number of hydrogen-bond donors (Lipinski definition) is 0. The molecule has 0 saturated carbocycles. The number of nitrogens with zero attached hydrogens (tertiary/aromatic N) is 1. The fourth-order valence-corrected chi connectivity index (χ4v) is 5.05. The largest absolute Gasteiger partial charge is 0.487 e. The molecule has 2 atom stereocenters. The number of esters is 1. The molecule has 4 heteroatoms. The summed E-state index contributed by atoms with van der Waals surface area (Å²) in [6.07, 6.45) is 13.1. The highest BCUT2D eigenvalue weighted by Gasteiger charge is 2.35. The number of ether oxygens (including phenoxy) is 2. The van der Waals surface area contributed by atoms with Crippen LogP contribution in [0.2, 0.25) is 0 Å². The molecule has 0 radical (unpaired) electrons. The second-order valence-corrected chi connectivity index (χ2v) is 11.0. The zero-order chi connectivity index (χ0) is 26.9. The normalized spacial score (nSPS) is 13.2. The molecule has 0 aliphatic heterocycles. The third kappa shape index (κ3) is 11.7. The van der Waals surface area contributed by atoms with Crippen molar-refractivity contribution in [3.8, 4) is 5.75 Å². The quantitative estimate of drug-likeness (QED) is 0.109. The maximum Gasteiger partial charge on any atom is 0.365 e. The third-order valence-corrected chi connectivity index (χ3v) is 7.32. The first-order chi connectivity index (χ1) is 17.9. The molecule has 0 bridgehead atoms. The van der Waals surface area contributed by atoms with Gasteiger partial charge in [0.15, 0.2) is 6.04 Å². The molecule has 0 amide bonds. The van der Waals surface area contributed by atoms with Gasteiger partial charge < -0.3 is 14.0 Å². The first-order valence-corrected chi connectivity index (χ1v) is 14.7. The van der Waals surface area contributed by atoms with E-state index in [1.165, 1.54) is 62.5 Å². The second kappa shape index (κ2) is 17.2. The molecule has 0 aromatic heterocycles. The minimum atomic E-state index is -0.215. The molecule has 206 valence electrons. The summed E-state index contributed by atoms with van der Waals surface area (Å²) in [6.45, 7) is 7.47. The van der Waals surface area contributed by atoms with Crippen LogP contribution in [0.25, 0.3) is 0 Å². The molecule has 2 aromatic rings. The molecule has 0 aliphatic carbocycles. The van der Waals surface area contributed by atoms with E-state index in [-0.39, 0.29) is 24.7 Å². The Hall–Kier alpha value is -2.33. The number of hydrogen-bond acceptors (Lipinski definition) is 3. The Bertz CT molecular complexity index is 880. The van der Waals surface area contributed by atoms with Gasteiger partial charge in [-0.1, -0.05) is 108 Å². The van der Waals surface area contributed by atoms with Crippen LogP contribution in [-0.2, 0) is 22.5 Å². The number of aryl methyl sites for hydroxylation is 1. The van der Waals surface area contributed by atoms with E-state index in [9.17, 15) is 4.79 Å². The summed E-state index contributed by atoms with van der Waals surface area (Å²) >= 11 is 0. The van der Waals surface area contributed by atoms with E-state index in [0.717, 1.165) is 31.6 Å². The van der Waals surface area contributed by atoms with Crippen molar-refractivity contribution in [3.05, 3.63) is 65.7 Å². The van der Waals surface area contributed by atoms with Crippen molar-refractivity contribution in [2.45, 2.75) is 110 Å². The number of likely N-dealkylation sites (N-methyl/N-ethyl adjacent to an activating group) is 1. The highest BCUT2D eigenvalue weighted by molar-refractivity contribution is 5.74. The van der Waals surface area contributed by atoms with Gasteiger partial charge in [0, 0.05) is 12.0 Å². The molecule has 2 rings (SSSR count). The summed E-state index contributed by atoms with van der Waals surface area (Å²) < 4.78 is 12.6. The first-order valence-electron chi connectivity index (χ1n) is 14.7. The minimum absolute atomic E-state index is 0.145. The van der Waals surface area contributed by atoms with Gasteiger partial charge in [-0.25, -0.2) is 4.79 Å². The van der Waals surface area contributed by atoms with Crippen molar-refractivity contribution in [1.29, 1.82) is 0 Å². The van der Waals surface area contributed by atoms with Gasteiger partial charge in [0.25, 0.3) is 0 Å². The summed E-state index contributed by atoms with van der Waals surface area (Å²) in [7, 11) is 4.21. The predicted molar refractivity (Wildman–Crippen MR) is 155 cm³/mol. The number of quaternary nitrogens is 1. The summed E-state index contributed by atoms with van der Waals surface area (Å²) in [5.41, 5.74) is 2.54. The van der Waals surface area contributed by atoms with Crippen molar-refractivity contribution >= 4 is 5.97 Å². The summed E-state index contributed by atoms with van der Waals surface area (Å²) in [5.74, 6) is 0.723. The molecule has 2 unspecified atom stereocenters. The Labute approximate surface area is 227 Å². The maximum atomic E-state index is 13.1. The van der Waals surface area contributed by atoms with Crippen LogP contribution in [-0.4, -0.2) is 43.3 Å². The number of benzene rings is 2. The number of carbonyl (C=O) groups is 1. The van der Waals surface area contributed by atoms with Crippen molar-refractivity contribution in [2.24, 2.45) is 0 Å².